The lowest BCUT2D eigenvalue weighted by atomic mass is 9.90. The number of carbonyl (C=O) groups is 2. The van der Waals surface area contributed by atoms with Crippen LogP contribution < -0.4 is 4.74 Å². The lowest BCUT2D eigenvalue weighted by molar-refractivity contribution is -0.274. The molecule has 6 nitrogen and oxygen atoms in total. The van der Waals surface area contributed by atoms with Crippen LogP contribution in [0.2, 0.25) is 0 Å². The Bertz CT molecular complexity index is 1380. The van der Waals surface area contributed by atoms with Crippen molar-refractivity contribution in [3.8, 4) is 16.9 Å². The summed E-state index contributed by atoms with van der Waals surface area (Å²) in [6.45, 7) is 1.29. The van der Waals surface area contributed by atoms with Crippen LogP contribution in [0, 0.1) is 23.5 Å². The van der Waals surface area contributed by atoms with Gasteiger partial charge in [-0.15, -0.1) is 13.2 Å². The number of ether oxygens (including phenoxy) is 3. The number of hydrogen-bond donors (Lipinski definition) is 0. The molecule has 3 atom stereocenters. The molecule has 0 fully saturated rings. The van der Waals surface area contributed by atoms with E-state index in [9.17, 15) is 31.5 Å². The van der Waals surface area contributed by atoms with E-state index in [0.29, 0.717) is 16.7 Å². The van der Waals surface area contributed by atoms with Gasteiger partial charge in [0.25, 0.3) is 0 Å². The number of hydrogen-bond acceptors (Lipinski definition) is 6. The van der Waals surface area contributed by atoms with Crippen LogP contribution >= 0.6 is 0 Å². The molecule has 0 aliphatic carbocycles. The predicted molar refractivity (Wildman–Crippen MR) is 134 cm³/mol. The third kappa shape index (κ3) is 6.64. The molecule has 1 aliphatic heterocycles. The minimum atomic E-state index is -4.80. The molecule has 0 N–H and O–H groups in total. The van der Waals surface area contributed by atoms with Gasteiger partial charge in [0.1, 0.15) is 24.0 Å². The van der Waals surface area contributed by atoms with Gasteiger partial charge in [-0.1, -0.05) is 42.5 Å². The fourth-order valence-corrected chi connectivity index (χ4v) is 4.39. The molecule has 0 amide bonds. The molecule has 210 valence electrons. The van der Waals surface area contributed by atoms with Crippen molar-refractivity contribution in [2.24, 2.45) is 16.8 Å². The Hall–Kier alpha value is -4.28. The minimum Gasteiger partial charge on any atom is -0.469 e. The quantitative estimate of drug-likeness (QED) is 0.234. The molecule has 3 aromatic rings. The Labute approximate surface area is 226 Å². The maximum absolute atomic E-state index is 14.5. The SMILES string of the molecule is COC(=O)[C@@H](C)COC(=O)[C@H]1CC(c2c(F)cccc2F)=NC1c1ccc(-c2ccc(OC(F)(F)F)cc2)cc1. The number of rotatable bonds is 8. The highest BCUT2D eigenvalue weighted by molar-refractivity contribution is 6.04. The number of carbonyl (C=O) groups excluding carboxylic acids is 2. The fourth-order valence-electron chi connectivity index (χ4n) is 4.39. The number of halogens is 5. The number of benzene rings is 3. The first-order valence-corrected chi connectivity index (χ1v) is 12.2. The Kier molecular flexibility index (Phi) is 8.51. The average Bonchev–Trinajstić information content (AvgIpc) is 3.35. The van der Waals surface area contributed by atoms with Crippen molar-refractivity contribution >= 4 is 17.7 Å². The van der Waals surface area contributed by atoms with E-state index in [0.717, 1.165) is 12.1 Å². The van der Waals surface area contributed by atoms with E-state index in [4.69, 9.17) is 4.74 Å². The van der Waals surface area contributed by atoms with Crippen LogP contribution in [-0.4, -0.2) is 37.7 Å². The van der Waals surface area contributed by atoms with Gasteiger partial charge in [0.05, 0.1) is 30.6 Å². The topological polar surface area (TPSA) is 74.2 Å². The average molecular weight is 562 g/mol. The van der Waals surface area contributed by atoms with Crippen molar-refractivity contribution in [3.63, 3.8) is 0 Å². The maximum Gasteiger partial charge on any atom is 0.573 e. The molecule has 11 heteroatoms. The van der Waals surface area contributed by atoms with E-state index in [1.54, 1.807) is 24.3 Å². The van der Waals surface area contributed by atoms with Gasteiger partial charge in [-0.25, -0.2) is 8.78 Å². The normalized spacial score (nSPS) is 17.6. The van der Waals surface area contributed by atoms with Crippen molar-refractivity contribution in [1.82, 2.24) is 0 Å². The summed E-state index contributed by atoms with van der Waals surface area (Å²) in [4.78, 5) is 29.3. The van der Waals surface area contributed by atoms with Crippen LogP contribution in [0.3, 0.4) is 0 Å². The zero-order valence-corrected chi connectivity index (χ0v) is 21.4. The lowest BCUT2D eigenvalue weighted by Crippen LogP contribution is -2.26. The molecule has 3 aromatic carbocycles. The summed E-state index contributed by atoms with van der Waals surface area (Å²) < 4.78 is 80.3. The van der Waals surface area contributed by atoms with Gasteiger partial charge in [0.15, 0.2) is 0 Å². The van der Waals surface area contributed by atoms with E-state index in [1.807, 2.05) is 0 Å². The van der Waals surface area contributed by atoms with Gasteiger partial charge in [-0.2, -0.15) is 0 Å². The van der Waals surface area contributed by atoms with Crippen molar-refractivity contribution < 1.29 is 45.8 Å². The van der Waals surface area contributed by atoms with Crippen LogP contribution in [-0.2, 0) is 19.1 Å². The number of aliphatic imine (C=N–C) groups is 1. The Morgan fingerprint density at radius 3 is 2.08 bits per heavy atom. The Morgan fingerprint density at radius 2 is 1.52 bits per heavy atom. The first-order chi connectivity index (χ1) is 19.0. The van der Waals surface area contributed by atoms with Gasteiger partial charge >= 0.3 is 18.3 Å². The van der Waals surface area contributed by atoms with Gasteiger partial charge in [0.2, 0.25) is 0 Å². The summed E-state index contributed by atoms with van der Waals surface area (Å²) >= 11 is 0. The molecule has 1 unspecified atom stereocenters. The van der Waals surface area contributed by atoms with E-state index in [-0.39, 0.29) is 30.1 Å². The largest absolute Gasteiger partial charge is 0.573 e. The second kappa shape index (κ2) is 11.8. The molecule has 0 radical (unpaired) electrons. The first-order valence-electron chi connectivity index (χ1n) is 12.2. The van der Waals surface area contributed by atoms with Crippen LogP contribution in [0.1, 0.15) is 30.5 Å². The molecule has 1 heterocycles. The van der Waals surface area contributed by atoms with Crippen molar-refractivity contribution in [2.45, 2.75) is 25.7 Å². The molecule has 40 heavy (non-hydrogen) atoms. The first kappa shape index (κ1) is 28.7. The fraction of sp³-hybridized carbons (Fsp3) is 0.276. The molecule has 1 aliphatic rings. The molecule has 0 saturated heterocycles. The molecular weight excluding hydrogens is 537 g/mol. The Balaban J connectivity index is 1.60. The Morgan fingerprint density at radius 1 is 0.950 bits per heavy atom. The van der Waals surface area contributed by atoms with Gasteiger partial charge in [0, 0.05) is 12.1 Å². The summed E-state index contributed by atoms with van der Waals surface area (Å²) in [7, 11) is 1.21. The molecular formula is C29H24F5NO5. The number of alkyl halides is 3. The van der Waals surface area contributed by atoms with Crippen molar-refractivity contribution in [2.75, 3.05) is 13.7 Å². The molecule has 0 spiro atoms. The van der Waals surface area contributed by atoms with Crippen LogP contribution in [0.15, 0.2) is 71.7 Å². The summed E-state index contributed by atoms with van der Waals surface area (Å²) in [6, 6.07) is 14.6. The predicted octanol–water partition coefficient (Wildman–Crippen LogP) is 6.43. The van der Waals surface area contributed by atoms with Gasteiger partial charge in [-0.3, -0.25) is 14.6 Å². The van der Waals surface area contributed by atoms with E-state index in [2.05, 4.69) is 14.5 Å². The third-order valence-electron chi connectivity index (χ3n) is 6.40. The minimum absolute atomic E-state index is 0.0629. The van der Waals surface area contributed by atoms with Gasteiger partial charge in [-0.05, 0) is 47.9 Å². The summed E-state index contributed by atoms with van der Waals surface area (Å²) in [5.74, 6) is -4.90. The zero-order valence-electron chi connectivity index (χ0n) is 21.4. The van der Waals surface area contributed by atoms with Crippen LogP contribution in [0.5, 0.6) is 5.75 Å². The number of methoxy groups -OCH3 is 1. The summed E-state index contributed by atoms with van der Waals surface area (Å²) in [5.41, 5.74) is 1.56. The van der Waals surface area contributed by atoms with Crippen LogP contribution in [0.25, 0.3) is 11.1 Å². The van der Waals surface area contributed by atoms with Crippen LogP contribution in [0.4, 0.5) is 22.0 Å². The second-order valence-corrected chi connectivity index (χ2v) is 9.18. The third-order valence-corrected chi connectivity index (χ3v) is 6.40. The molecule has 0 aromatic heterocycles. The highest BCUT2D eigenvalue weighted by Crippen LogP contribution is 2.39. The van der Waals surface area contributed by atoms with Crippen molar-refractivity contribution in [3.05, 3.63) is 89.5 Å². The molecule has 0 bridgehead atoms. The van der Waals surface area contributed by atoms with Crippen molar-refractivity contribution in [1.29, 1.82) is 0 Å². The number of esters is 2. The van der Waals surface area contributed by atoms with E-state index in [1.165, 1.54) is 44.4 Å². The smallest absolute Gasteiger partial charge is 0.469 e. The molecule has 4 rings (SSSR count). The maximum atomic E-state index is 14.5. The highest BCUT2D eigenvalue weighted by Gasteiger charge is 2.39. The van der Waals surface area contributed by atoms with Gasteiger partial charge < -0.3 is 14.2 Å². The highest BCUT2D eigenvalue weighted by atomic mass is 19.4. The monoisotopic (exact) mass is 561 g/mol. The standard InChI is InChI=1S/C29H24F5NO5/c1-16(27(36)38-2)15-39-28(37)21-14-24(25-22(30)4-3-5-23(25)31)35-26(21)19-8-6-17(7-9-19)18-10-12-20(13-11-18)40-29(32,33)34/h3-13,16,21,26H,14-15H2,1-2H3/t16-,21-,26?/m0/s1. The summed E-state index contributed by atoms with van der Waals surface area (Å²) in [5, 5.41) is 0. The summed E-state index contributed by atoms with van der Waals surface area (Å²) in [6.07, 6.45) is -4.90. The van der Waals surface area contributed by atoms with E-state index < -0.39 is 47.8 Å². The number of nitrogens with zero attached hydrogens (tertiary/aromatic N) is 1. The lowest BCUT2D eigenvalue weighted by Gasteiger charge is -2.19. The van der Waals surface area contributed by atoms with E-state index >= 15 is 0 Å². The molecule has 0 saturated carbocycles. The second-order valence-electron chi connectivity index (χ2n) is 9.18. The zero-order chi connectivity index (χ0) is 29.0.